The van der Waals surface area contributed by atoms with E-state index in [1.807, 2.05) is 0 Å². The van der Waals surface area contributed by atoms with Crippen molar-refractivity contribution in [1.82, 2.24) is 9.78 Å². The van der Waals surface area contributed by atoms with Crippen molar-refractivity contribution < 1.29 is 37.0 Å². The van der Waals surface area contributed by atoms with Crippen LogP contribution in [0.5, 0.6) is 0 Å². The van der Waals surface area contributed by atoms with Crippen LogP contribution in [0.4, 0.5) is 18.2 Å². The van der Waals surface area contributed by atoms with Gasteiger partial charge in [-0.2, -0.15) is 18.3 Å². The third-order valence-electron chi connectivity index (χ3n) is 4.87. The maximum atomic E-state index is 13.2. The van der Waals surface area contributed by atoms with E-state index < -0.39 is 34.7 Å². The first-order chi connectivity index (χ1) is 15.0. The van der Waals surface area contributed by atoms with Crippen LogP contribution in [0.15, 0.2) is 0 Å². The molecule has 0 saturated heterocycles. The molecule has 0 radical (unpaired) electrons. The van der Waals surface area contributed by atoms with Crippen molar-refractivity contribution in [3.63, 3.8) is 0 Å². The van der Waals surface area contributed by atoms with Crippen LogP contribution in [0.25, 0.3) is 0 Å². The lowest BCUT2D eigenvalue weighted by atomic mass is 10.1. The third kappa shape index (κ3) is 4.75. The number of ether oxygens (including phenoxy) is 2. The quantitative estimate of drug-likeness (QED) is 0.574. The summed E-state index contributed by atoms with van der Waals surface area (Å²) < 4.78 is 50.1. The Labute approximate surface area is 189 Å². The molecule has 0 aromatic carbocycles. The molecule has 3 rings (SSSR count). The first-order valence-electron chi connectivity index (χ1n) is 9.42. The van der Waals surface area contributed by atoms with E-state index in [2.05, 4.69) is 15.2 Å². The van der Waals surface area contributed by atoms with Crippen molar-refractivity contribution in [1.29, 1.82) is 0 Å². The maximum Gasteiger partial charge on any atom is 0.436 e. The van der Waals surface area contributed by atoms with Crippen LogP contribution in [0.1, 0.15) is 62.2 Å². The first-order valence-corrected chi connectivity index (χ1v) is 10.6. The highest BCUT2D eigenvalue weighted by atomic mass is 35.5. The molecule has 2 aromatic heterocycles. The van der Waals surface area contributed by atoms with Gasteiger partial charge in [0.05, 0.1) is 37.0 Å². The van der Waals surface area contributed by atoms with Crippen molar-refractivity contribution >= 4 is 45.8 Å². The van der Waals surface area contributed by atoms with Crippen LogP contribution in [0, 0.1) is 6.92 Å². The van der Waals surface area contributed by atoms with Gasteiger partial charge in [0.2, 0.25) is 5.91 Å². The van der Waals surface area contributed by atoms with Gasteiger partial charge in [0.1, 0.15) is 9.88 Å². The second kappa shape index (κ2) is 9.10. The number of aryl methyl sites for hydroxylation is 1. The van der Waals surface area contributed by atoms with E-state index in [0.29, 0.717) is 12.8 Å². The number of methoxy groups -OCH3 is 2. The van der Waals surface area contributed by atoms with Crippen molar-refractivity contribution in [2.75, 3.05) is 19.5 Å². The molecule has 174 valence electrons. The first kappa shape index (κ1) is 24.1. The van der Waals surface area contributed by atoms with Gasteiger partial charge in [-0.15, -0.1) is 11.3 Å². The fourth-order valence-corrected chi connectivity index (χ4v) is 4.71. The molecule has 13 heteroatoms. The number of esters is 2. The highest BCUT2D eigenvalue weighted by molar-refractivity contribution is 7.18. The van der Waals surface area contributed by atoms with E-state index >= 15 is 0 Å². The number of hydrogen-bond donors (Lipinski definition) is 1. The summed E-state index contributed by atoms with van der Waals surface area (Å²) in [6.07, 6.45) is -3.55. The monoisotopic (exact) mass is 493 g/mol. The van der Waals surface area contributed by atoms with Gasteiger partial charge in [0.15, 0.2) is 5.69 Å². The molecule has 1 fully saturated rings. The molecule has 0 spiro atoms. The number of carbonyl (C=O) groups is 3. The lowest BCUT2D eigenvalue weighted by molar-refractivity contribution is -0.141. The van der Waals surface area contributed by atoms with Gasteiger partial charge in [-0.05, 0) is 25.3 Å². The zero-order valence-electron chi connectivity index (χ0n) is 17.3. The highest BCUT2D eigenvalue weighted by Gasteiger charge is 2.42. The highest BCUT2D eigenvalue weighted by Crippen LogP contribution is 2.47. The summed E-state index contributed by atoms with van der Waals surface area (Å²) in [7, 11) is 2.33. The number of anilines is 1. The smallest absolute Gasteiger partial charge is 0.436 e. The average Bonchev–Trinajstić information content (AvgIpc) is 3.43. The fourth-order valence-electron chi connectivity index (χ4n) is 3.18. The minimum Gasteiger partial charge on any atom is -0.465 e. The second-order valence-corrected chi connectivity index (χ2v) is 8.48. The van der Waals surface area contributed by atoms with Crippen LogP contribution in [0.2, 0.25) is 5.02 Å². The van der Waals surface area contributed by atoms with Crippen molar-refractivity contribution in [2.24, 2.45) is 0 Å². The summed E-state index contributed by atoms with van der Waals surface area (Å²) >= 11 is 6.77. The van der Waals surface area contributed by atoms with Gasteiger partial charge in [-0.25, -0.2) is 9.59 Å². The Morgan fingerprint density at radius 1 is 1.22 bits per heavy atom. The molecule has 2 aromatic rings. The summed E-state index contributed by atoms with van der Waals surface area (Å²) in [5.74, 6) is -2.15. The van der Waals surface area contributed by atoms with E-state index in [1.165, 1.54) is 14.0 Å². The van der Waals surface area contributed by atoms with Gasteiger partial charge >= 0.3 is 18.1 Å². The SMILES string of the molecule is COC(=O)c1sc(NC(=O)CCn2nc(C(F)(F)F)c(Cl)c2C2CC2)c(C(=O)OC)c1C. The van der Waals surface area contributed by atoms with Gasteiger partial charge < -0.3 is 14.8 Å². The summed E-state index contributed by atoms with van der Waals surface area (Å²) in [5, 5.41) is 5.75. The van der Waals surface area contributed by atoms with Gasteiger partial charge in [0.25, 0.3) is 0 Å². The fraction of sp³-hybridized carbons (Fsp3) is 0.474. The number of amides is 1. The molecule has 1 saturated carbocycles. The minimum absolute atomic E-state index is 0.00594. The topological polar surface area (TPSA) is 99.5 Å². The molecule has 1 aliphatic rings. The van der Waals surface area contributed by atoms with Crippen LogP contribution in [-0.2, 0) is 27.0 Å². The largest absolute Gasteiger partial charge is 0.465 e. The molecule has 1 amide bonds. The average molecular weight is 494 g/mol. The third-order valence-corrected chi connectivity index (χ3v) is 6.43. The van der Waals surface area contributed by atoms with Crippen LogP contribution >= 0.6 is 22.9 Å². The Balaban J connectivity index is 1.80. The Hall–Kier alpha value is -2.60. The molecular weight excluding hydrogens is 475 g/mol. The minimum atomic E-state index is -4.71. The molecule has 1 N–H and O–H groups in total. The molecule has 0 unspecified atom stereocenters. The van der Waals surface area contributed by atoms with E-state index in [4.69, 9.17) is 16.3 Å². The van der Waals surface area contributed by atoms with E-state index in [-0.39, 0.29) is 45.6 Å². The van der Waals surface area contributed by atoms with E-state index in [0.717, 1.165) is 23.1 Å². The van der Waals surface area contributed by atoms with E-state index in [1.54, 1.807) is 0 Å². The Morgan fingerprint density at radius 3 is 2.38 bits per heavy atom. The maximum absolute atomic E-state index is 13.2. The molecule has 0 atom stereocenters. The number of halogens is 4. The standard InChI is InChI=1S/C19H19ClF3N3O5S/c1-8-11(17(28)30-2)16(32-14(8)18(29)31-3)24-10(27)6-7-26-13(9-4-5-9)12(20)15(25-26)19(21,22)23/h9H,4-7H2,1-3H3,(H,24,27). The number of rotatable bonds is 7. The molecule has 0 bridgehead atoms. The summed E-state index contributed by atoms with van der Waals surface area (Å²) in [6.45, 7) is 1.37. The van der Waals surface area contributed by atoms with Gasteiger partial charge in [0, 0.05) is 12.3 Å². The summed E-state index contributed by atoms with van der Waals surface area (Å²) in [6, 6.07) is 0. The molecule has 8 nitrogen and oxygen atoms in total. The number of aromatic nitrogens is 2. The molecule has 32 heavy (non-hydrogen) atoms. The van der Waals surface area contributed by atoms with Crippen molar-refractivity contribution in [3.8, 4) is 0 Å². The predicted molar refractivity (Wildman–Crippen MR) is 109 cm³/mol. The number of carbonyl (C=O) groups excluding carboxylic acids is 3. The summed E-state index contributed by atoms with van der Waals surface area (Å²) in [4.78, 5) is 36.7. The van der Waals surface area contributed by atoms with Crippen molar-refractivity contribution in [3.05, 3.63) is 32.4 Å². The lowest BCUT2D eigenvalue weighted by Crippen LogP contribution is -2.17. The lowest BCUT2D eigenvalue weighted by Gasteiger charge is -2.08. The van der Waals surface area contributed by atoms with Gasteiger partial charge in [-0.3, -0.25) is 9.48 Å². The van der Waals surface area contributed by atoms with Crippen LogP contribution in [-0.4, -0.2) is 41.8 Å². The normalized spacial score (nSPS) is 13.7. The Morgan fingerprint density at radius 2 is 1.84 bits per heavy atom. The van der Waals surface area contributed by atoms with Crippen LogP contribution in [0.3, 0.4) is 0 Å². The zero-order valence-corrected chi connectivity index (χ0v) is 18.8. The molecular formula is C19H19ClF3N3O5S. The Kier molecular flexibility index (Phi) is 6.84. The second-order valence-electron chi connectivity index (χ2n) is 7.08. The Bertz CT molecular complexity index is 1080. The molecule has 0 aliphatic heterocycles. The molecule has 2 heterocycles. The number of nitrogens with zero attached hydrogens (tertiary/aromatic N) is 2. The summed E-state index contributed by atoms with van der Waals surface area (Å²) in [5.41, 5.74) is -0.617. The van der Waals surface area contributed by atoms with Crippen LogP contribution < -0.4 is 5.32 Å². The predicted octanol–water partition coefficient (Wildman–Crippen LogP) is 4.40. The number of thiophene rings is 1. The number of alkyl halides is 3. The van der Waals surface area contributed by atoms with Gasteiger partial charge in [-0.1, -0.05) is 11.6 Å². The van der Waals surface area contributed by atoms with E-state index in [9.17, 15) is 27.6 Å². The number of hydrogen-bond acceptors (Lipinski definition) is 7. The number of nitrogens with one attached hydrogen (secondary N) is 1. The molecule has 1 aliphatic carbocycles. The van der Waals surface area contributed by atoms with Crippen molar-refractivity contribution in [2.45, 2.75) is 44.8 Å². The zero-order chi connectivity index (χ0) is 23.8.